The van der Waals surface area contributed by atoms with Gasteiger partial charge in [-0.25, -0.2) is 4.68 Å². The molecule has 0 saturated carbocycles. The van der Waals surface area contributed by atoms with E-state index in [9.17, 15) is 4.79 Å². The molecule has 1 heterocycles. The number of carbonyl (C=O) groups excluding carboxylic acids is 1. The molecular formula is C16H13ClN4O. The lowest BCUT2D eigenvalue weighted by molar-refractivity contribution is 0.102. The SMILES string of the molecule is Cc1ccc(C(=O)Nc2ncn(-c3ccc(Cl)cc3)n2)cc1. The molecular weight excluding hydrogens is 300 g/mol. The number of amides is 1. The number of anilines is 1. The summed E-state index contributed by atoms with van der Waals surface area (Å²) in [6, 6.07) is 14.5. The number of halogens is 1. The third-order valence-corrected chi connectivity index (χ3v) is 3.37. The standard InChI is InChI=1S/C16H13ClN4O/c1-11-2-4-12(5-3-11)15(22)19-16-18-10-21(20-16)14-8-6-13(17)7-9-14/h2-10H,1H3,(H,19,20,22). The number of aryl methyl sites for hydroxylation is 1. The van der Waals surface area contributed by atoms with Crippen molar-refractivity contribution in [1.29, 1.82) is 0 Å². The summed E-state index contributed by atoms with van der Waals surface area (Å²) < 4.78 is 1.57. The van der Waals surface area contributed by atoms with Gasteiger partial charge < -0.3 is 0 Å². The smallest absolute Gasteiger partial charge is 0.258 e. The number of hydrogen-bond donors (Lipinski definition) is 1. The van der Waals surface area contributed by atoms with Crippen LogP contribution in [-0.4, -0.2) is 20.7 Å². The van der Waals surface area contributed by atoms with Gasteiger partial charge in [-0.3, -0.25) is 10.1 Å². The van der Waals surface area contributed by atoms with Crippen molar-refractivity contribution in [1.82, 2.24) is 14.8 Å². The monoisotopic (exact) mass is 312 g/mol. The highest BCUT2D eigenvalue weighted by atomic mass is 35.5. The van der Waals surface area contributed by atoms with Gasteiger partial charge in [0.2, 0.25) is 5.95 Å². The molecule has 1 amide bonds. The second kappa shape index (κ2) is 5.99. The zero-order valence-electron chi connectivity index (χ0n) is 11.8. The van der Waals surface area contributed by atoms with Crippen molar-refractivity contribution >= 4 is 23.5 Å². The summed E-state index contributed by atoms with van der Waals surface area (Å²) in [6.07, 6.45) is 1.54. The van der Waals surface area contributed by atoms with E-state index in [1.165, 1.54) is 6.33 Å². The quantitative estimate of drug-likeness (QED) is 0.805. The van der Waals surface area contributed by atoms with Gasteiger partial charge in [0, 0.05) is 10.6 Å². The average Bonchev–Trinajstić information content (AvgIpc) is 2.97. The molecule has 6 heteroatoms. The molecule has 0 aliphatic carbocycles. The first-order valence-corrected chi connectivity index (χ1v) is 7.05. The number of nitrogens with zero attached hydrogens (tertiary/aromatic N) is 3. The Labute approximate surface area is 132 Å². The fourth-order valence-electron chi connectivity index (χ4n) is 1.92. The van der Waals surface area contributed by atoms with Crippen LogP contribution >= 0.6 is 11.6 Å². The van der Waals surface area contributed by atoms with Gasteiger partial charge in [0.25, 0.3) is 5.91 Å². The number of carbonyl (C=O) groups is 1. The largest absolute Gasteiger partial charge is 0.289 e. The average molecular weight is 313 g/mol. The third kappa shape index (κ3) is 3.15. The molecule has 1 aromatic heterocycles. The molecule has 0 aliphatic heterocycles. The number of nitrogens with one attached hydrogen (secondary N) is 1. The van der Waals surface area contributed by atoms with E-state index in [-0.39, 0.29) is 11.9 Å². The molecule has 1 N–H and O–H groups in total. The molecule has 0 radical (unpaired) electrons. The predicted octanol–water partition coefficient (Wildman–Crippen LogP) is 3.48. The van der Waals surface area contributed by atoms with E-state index in [1.54, 1.807) is 28.9 Å². The van der Waals surface area contributed by atoms with Gasteiger partial charge in [0.05, 0.1) is 5.69 Å². The van der Waals surface area contributed by atoms with Crippen LogP contribution in [0.3, 0.4) is 0 Å². The van der Waals surface area contributed by atoms with Crippen LogP contribution in [0.5, 0.6) is 0 Å². The van der Waals surface area contributed by atoms with Gasteiger partial charge >= 0.3 is 0 Å². The Bertz CT molecular complexity index is 794. The molecule has 0 spiro atoms. The van der Waals surface area contributed by atoms with E-state index in [1.807, 2.05) is 31.2 Å². The van der Waals surface area contributed by atoms with E-state index >= 15 is 0 Å². The summed E-state index contributed by atoms with van der Waals surface area (Å²) in [4.78, 5) is 16.2. The molecule has 5 nitrogen and oxygen atoms in total. The van der Waals surface area contributed by atoms with Gasteiger partial charge in [-0.15, -0.1) is 5.10 Å². The molecule has 0 saturated heterocycles. The third-order valence-electron chi connectivity index (χ3n) is 3.12. The molecule has 0 fully saturated rings. The minimum absolute atomic E-state index is 0.242. The van der Waals surface area contributed by atoms with Gasteiger partial charge in [0.15, 0.2) is 0 Å². The van der Waals surface area contributed by atoms with Crippen LogP contribution in [0.2, 0.25) is 5.02 Å². The molecule has 0 bridgehead atoms. The Balaban J connectivity index is 1.75. The lowest BCUT2D eigenvalue weighted by atomic mass is 10.1. The maximum atomic E-state index is 12.1. The van der Waals surface area contributed by atoms with Crippen molar-refractivity contribution in [3.63, 3.8) is 0 Å². The molecule has 0 unspecified atom stereocenters. The minimum Gasteiger partial charge on any atom is -0.289 e. The fourth-order valence-corrected chi connectivity index (χ4v) is 2.04. The van der Waals surface area contributed by atoms with Crippen molar-refractivity contribution in [3.8, 4) is 5.69 Å². The molecule has 2 aromatic carbocycles. The van der Waals surface area contributed by atoms with Gasteiger partial charge in [-0.2, -0.15) is 4.98 Å². The van der Waals surface area contributed by atoms with Crippen molar-refractivity contribution in [2.75, 3.05) is 5.32 Å². The van der Waals surface area contributed by atoms with Gasteiger partial charge in [-0.1, -0.05) is 29.3 Å². The number of aromatic nitrogens is 3. The topological polar surface area (TPSA) is 59.8 Å². The van der Waals surface area contributed by atoms with Crippen LogP contribution in [-0.2, 0) is 0 Å². The molecule has 3 aromatic rings. The van der Waals surface area contributed by atoms with Crippen LogP contribution in [0.4, 0.5) is 5.95 Å². The zero-order chi connectivity index (χ0) is 15.5. The number of rotatable bonds is 3. The van der Waals surface area contributed by atoms with E-state index in [0.29, 0.717) is 10.6 Å². The second-order valence-corrected chi connectivity index (χ2v) is 5.25. The van der Waals surface area contributed by atoms with E-state index in [0.717, 1.165) is 11.3 Å². The maximum Gasteiger partial charge on any atom is 0.258 e. The molecule has 110 valence electrons. The van der Waals surface area contributed by atoms with Gasteiger partial charge in [0.1, 0.15) is 6.33 Å². The predicted molar refractivity (Wildman–Crippen MR) is 85.5 cm³/mol. The lowest BCUT2D eigenvalue weighted by Gasteiger charge is -2.02. The van der Waals surface area contributed by atoms with E-state index < -0.39 is 0 Å². The van der Waals surface area contributed by atoms with Crippen molar-refractivity contribution < 1.29 is 4.79 Å². The maximum absolute atomic E-state index is 12.1. The summed E-state index contributed by atoms with van der Waals surface area (Å²) in [5.41, 5.74) is 2.47. The summed E-state index contributed by atoms with van der Waals surface area (Å²) in [7, 11) is 0. The van der Waals surface area contributed by atoms with Crippen molar-refractivity contribution in [3.05, 3.63) is 71.0 Å². The molecule has 0 atom stereocenters. The highest BCUT2D eigenvalue weighted by Crippen LogP contribution is 2.13. The minimum atomic E-state index is -0.242. The highest BCUT2D eigenvalue weighted by Gasteiger charge is 2.09. The first kappa shape index (κ1) is 14.3. The molecule has 22 heavy (non-hydrogen) atoms. The second-order valence-electron chi connectivity index (χ2n) is 4.81. The van der Waals surface area contributed by atoms with Crippen LogP contribution in [0.1, 0.15) is 15.9 Å². The Morgan fingerprint density at radius 2 is 1.77 bits per heavy atom. The fraction of sp³-hybridized carbons (Fsp3) is 0.0625. The van der Waals surface area contributed by atoms with Crippen LogP contribution in [0.25, 0.3) is 5.69 Å². The lowest BCUT2D eigenvalue weighted by Crippen LogP contribution is -2.13. The first-order valence-electron chi connectivity index (χ1n) is 6.67. The van der Waals surface area contributed by atoms with Gasteiger partial charge in [-0.05, 0) is 43.3 Å². The Kier molecular flexibility index (Phi) is 3.89. The van der Waals surface area contributed by atoms with Crippen molar-refractivity contribution in [2.45, 2.75) is 6.92 Å². The Hall–Kier alpha value is -2.66. The highest BCUT2D eigenvalue weighted by molar-refractivity contribution is 6.30. The summed E-state index contributed by atoms with van der Waals surface area (Å²) in [6.45, 7) is 1.97. The van der Waals surface area contributed by atoms with E-state index in [2.05, 4.69) is 15.4 Å². The Morgan fingerprint density at radius 1 is 1.09 bits per heavy atom. The first-order chi connectivity index (χ1) is 10.6. The Morgan fingerprint density at radius 3 is 2.45 bits per heavy atom. The van der Waals surface area contributed by atoms with Crippen LogP contribution < -0.4 is 5.32 Å². The number of hydrogen-bond acceptors (Lipinski definition) is 3. The summed E-state index contributed by atoms with van der Waals surface area (Å²) >= 11 is 5.85. The zero-order valence-corrected chi connectivity index (χ0v) is 12.6. The molecule has 3 rings (SSSR count). The van der Waals surface area contributed by atoms with Crippen LogP contribution in [0.15, 0.2) is 54.9 Å². The van der Waals surface area contributed by atoms with Crippen LogP contribution in [0, 0.1) is 6.92 Å². The summed E-state index contributed by atoms with van der Waals surface area (Å²) in [5, 5.41) is 7.54. The molecule has 0 aliphatic rings. The normalized spacial score (nSPS) is 10.5. The number of benzene rings is 2. The van der Waals surface area contributed by atoms with Crippen molar-refractivity contribution in [2.24, 2.45) is 0 Å². The van der Waals surface area contributed by atoms with E-state index in [4.69, 9.17) is 11.6 Å². The summed E-state index contributed by atoms with van der Waals surface area (Å²) in [5.74, 6) is 0.00869.